The third-order valence-corrected chi connectivity index (χ3v) is 1.83. The summed E-state index contributed by atoms with van der Waals surface area (Å²) in [6.45, 7) is 3.62. The Hall–Kier alpha value is -0.770. The van der Waals surface area contributed by atoms with E-state index in [4.69, 9.17) is 11.6 Å². The fraction of sp³-hybridized carbons (Fsp3) is 0.750. The molecule has 0 unspecified atom stereocenters. The topological polar surface area (TPSA) is 46.6 Å². The number of nitrogens with zero attached hydrogens (tertiary/aromatic N) is 1. The first-order chi connectivity index (χ1) is 6.02. The Morgan fingerprint density at radius 2 is 2.00 bits per heavy atom. The van der Waals surface area contributed by atoms with E-state index in [-0.39, 0.29) is 24.2 Å². The lowest BCUT2D eigenvalue weighted by molar-refractivity contribution is -0.117. The van der Waals surface area contributed by atoms with Crippen molar-refractivity contribution in [2.24, 2.45) is 0 Å². The Balaban J connectivity index is 4.26. The molecule has 13 heavy (non-hydrogen) atoms. The normalized spacial score (nSPS) is 9.92. The molecule has 76 valence electrons. The number of amides is 1. The fourth-order valence-electron chi connectivity index (χ4n) is 0.807. The maximum Gasteiger partial charge on any atom is 0.410 e. The van der Waals surface area contributed by atoms with Crippen LogP contribution in [-0.2, 0) is 9.53 Å². The zero-order valence-corrected chi connectivity index (χ0v) is 8.80. The number of Topliss-reactive ketones (excluding diaryl/α,β-unsaturated/α-hetero) is 1. The second-order valence-corrected chi connectivity index (χ2v) is 3.13. The van der Waals surface area contributed by atoms with Gasteiger partial charge < -0.3 is 4.74 Å². The fourth-order valence-corrected chi connectivity index (χ4v) is 0.892. The van der Waals surface area contributed by atoms with Crippen LogP contribution in [-0.4, -0.2) is 42.4 Å². The molecular weight excluding hydrogens is 194 g/mol. The van der Waals surface area contributed by atoms with E-state index < -0.39 is 6.09 Å². The molecule has 0 aromatic heterocycles. The molecule has 0 spiro atoms. The summed E-state index contributed by atoms with van der Waals surface area (Å²) in [6.07, 6.45) is -0.506. The quantitative estimate of drug-likeness (QED) is 0.653. The highest BCUT2D eigenvalue weighted by Crippen LogP contribution is 2.01. The van der Waals surface area contributed by atoms with Crippen LogP contribution >= 0.6 is 11.6 Å². The van der Waals surface area contributed by atoms with Crippen LogP contribution in [0.5, 0.6) is 0 Å². The van der Waals surface area contributed by atoms with Gasteiger partial charge >= 0.3 is 6.09 Å². The van der Waals surface area contributed by atoms with Gasteiger partial charge in [-0.2, -0.15) is 0 Å². The highest BCUT2D eigenvalue weighted by molar-refractivity contribution is 6.28. The van der Waals surface area contributed by atoms with Crippen molar-refractivity contribution >= 4 is 23.5 Å². The zero-order valence-electron chi connectivity index (χ0n) is 8.04. The molecule has 0 aliphatic carbocycles. The number of hydrogen-bond acceptors (Lipinski definition) is 3. The summed E-state index contributed by atoms with van der Waals surface area (Å²) in [5, 5.41) is 0. The van der Waals surface area contributed by atoms with Crippen molar-refractivity contribution in [2.75, 3.05) is 19.5 Å². The summed E-state index contributed by atoms with van der Waals surface area (Å²) >= 11 is 5.32. The van der Waals surface area contributed by atoms with Gasteiger partial charge in [-0.05, 0) is 13.8 Å². The minimum atomic E-state index is -0.506. The summed E-state index contributed by atoms with van der Waals surface area (Å²) in [5.41, 5.74) is 0. The molecule has 0 radical (unpaired) electrons. The Labute approximate surface area is 82.8 Å². The number of ketones is 1. The molecule has 5 heteroatoms. The number of methoxy groups -OCH3 is 1. The second-order valence-electron chi connectivity index (χ2n) is 2.86. The molecule has 0 saturated carbocycles. The van der Waals surface area contributed by atoms with Gasteiger partial charge in [-0.15, -0.1) is 11.6 Å². The Morgan fingerprint density at radius 1 is 1.46 bits per heavy atom. The number of hydrogen-bond donors (Lipinski definition) is 0. The van der Waals surface area contributed by atoms with Crippen molar-refractivity contribution < 1.29 is 14.3 Å². The molecule has 1 amide bonds. The lowest BCUT2D eigenvalue weighted by Crippen LogP contribution is -2.40. The van der Waals surface area contributed by atoms with E-state index in [1.54, 1.807) is 13.8 Å². The summed E-state index contributed by atoms with van der Waals surface area (Å²) in [5.74, 6) is -0.277. The monoisotopic (exact) mass is 207 g/mol. The first kappa shape index (κ1) is 12.2. The lowest BCUT2D eigenvalue weighted by atomic mass is 10.3. The van der Waals surface area contributed by atoms with E-state index in [1.807, 2.05) is 0 Å². The number of halogens is 1. The van der Waals surface area contributed by atoms with Crippen LogP contribution in [0.2, 0.25) is 0 Å². The van der Waals surface area contributed by atoms with Crippen molar-refractivity contribution in [1.82, 2.24) is 4.90 Å². The molecule has 0 aliphatic heterocycles. The van der Waals surface area contributed by atoms with Crippen LogP contribution < -0.4 is 0 Å². The summed E-state index contributed by atoms with van der Waals surface area (Å²) in [7, 11) is 1.28. The molecule has 0 N–H and O–H groups in total. The van der Waals surface area contributed by atoms with Gasteiger partial charge in [0.25, 0.3) is 0 Å². The molecule has 0 rings (SSSR count). The van der Waals surface area contributed by atoms with E-state index >= 15 is 0 Å². The molecule has 0 bridgehead atoms. The van der Waals surface area contributed by atoms with Crippen LogP contribution in [0.15, 0.2) is 0 Å². The number of carbonyl (C=O) groups is 2. The third-order valence-electron chi connectivity index (χ3n) is 1.53. The summed E-state index contributed by atoms with van der Waals surface area (Å²) < 4.78 is 4.51. The number of ether oxygens (including phenoxy) is 1. The second kappa shape index (κ2) is 5.80. The Kier molecular flexibility index (Phi) is 5.46. The van der Waals surface area contributed by atoms with Crippen molar-refractivity contribution in [3.8, 4) is 0 Å². The molecule has 0 heterocycles. The largest absolute Gasteiger partial charge is 0.453 e. The maximum atomic E-state index is 11.1. The average molecular weight is 208 g/mol. The van der Waals surface area contributed by atoms with E-state index in [0.717, 1.165) is 0 Å². The van der Waals surface area contributed by atoms with Gasteiger partial charge in [0.15, 0.2) is 5.78 Å². The van der Waals surface area contributed by atoms with Crippen molar-refractivity contribution in [2.45, 2.75) is 19.9 Å². The molecule has 0 fully saturated rings. The van der Waals surface area contributed by atoms with Crippen LogP contribution in [0.3, 0.4) is 0 Å². The minimum absolute atomic E-state index is 0.00778. The molecule has 4 nitrogen and oxygen atoms in total. The molecule has 0 aromatic rings. The SMILES string of the molecule is COC(=O)N(CC(=O)CCl)C(C)C. The van der Waals surface area contributed by atoms with Crippen LogP contribution in [0.4, 0.5) is 4.79 Å². The third kappa shape index (κ3) is 4.12. The van der Waals surface area contributed by atoms with Gasteiger partial charge in [-0.1, -0.05) is 0 Å². The van der Waals surface area contributed by atoms with Gasteiger partial charge in [0.2, 0.25) is 0 Å². The average Bonchev–Trinajstić information content (AvgIpc) is 2.11. The number of rotatable bonds is 4. The van der Waals surface area contributed by atoms with Gasteiger partial charge in [0, 0.05) is 6.04 Å². The lowest BCUT2D eigenvalue weighted by Gasteiger charge is -2.23. The van der Waals surface area contributed by atoms with Crippen molar-refractivity contribution in [3.05, 3.63) is 0 Å². The van der Waals surface area contributed by atoms with Crippen LogP contribution in [0, 0.1) is 0 Å². The van der Waals surface area contributed by atoms with Gasteiger partial charge in [0.1, 0.15) is 0 Å². The van der Waals surface area contributed by atoms with Crippen LogP contribution in [0.1, 0.15) is 13.8 Å². The molecular formula is C8H14ClNO3. The highest BCUT2D eigenvalue weighted by atomic mass is 35.5. The van der Waals surface area contributed by atoms with E-state index in [9.17, 15) is 9.59 Å². The number of alkyl halides is 1. The zero-order chi connectivity index (χ0) is 10.4. The minimum Gasteiger partial charge on any atom is -0.453 e. The summed E-state index contributed by atoms with van der Waals surface area (Å²) in [4.78, 5) is 23.4. The molecule has 0 aromatic carbocycles. The summed E-state index contributed by atoms with van der Waals surface area (Å²) in [6, 6.07) is -0.0698. The van der Waals surface area contributed by atoms with Crippen molar-refractivity contribution in [1.29, 1.82) is 0 Å². The standard InChI is InChI=1S/C8H14ClNO3/c1-6(2)10(8(12)13-3)5-7(11)4-9/h6H,4-5H2,1-3H3. The highest BCUT2D eigenvalue weighted by Gasteiger charge is 2.19. The van der Waals surface area contributed by atoms with Gasteiger partial charge in [-0.25, -0.2) is 4.79 Å². The Bertz CT molecular complexity index is 194. The first-order valence-corrected chi connectivity index (χ1v) is 4.48. The Morgan fingerprint density at radius 3 is 2.31 bits per heavy atom. The smallest absolute Gasteiger partial charge is 0.410 e. The van der Waals surface area contributed by atoms with Crippen LogP contribution in [0.25, 0.3) is 0 Å². The number of carbonyl (C=O) groups excluding carboxylic acids is 2. The predicted molar refractivity (Wildman–Crippen MR) is 50.0 cm³/mol. The van der Waals surface area contributed by atoms with Gasteiger partial charge in [-0.3, -0.25) is 9.69 Å². The molecule has 0 aliphatic rings. The van der Waals surface area contributed by atoms with E-state index in [2.05, 4.69) is 4.74 Å². The maximum absolute atomic E-state index is 11.1. The molecule has 0 saturated heterocycles. The predicted octanol–water partition coefficient (Wildman–Crippen LogP) is 1.27. The van der Waals surface area contributed by atoms with Crippen molar-refractivity contribution in [3.63, 3.8) is 0 Å². The van der Waals surface area contributed by atoms with Gasteiger partial charge in [0.05, 0.1) is 19.5 Å². The van der Waals surface area contributed by atoms with E-state index in [0.29, 0.717) is 0 Å². The molecule has 0 atom stereocenters. The first-order valence-electron chi connectivity index (χ1n) is 3.95. The van der Waals surface area contributed by atoms with E-state index in [1.165, 1.54) is 12.0 Å².